The molecule has 128 valence electrons. The molecule has 0 heterocycles. The lowest BCUT2D eigenvalue weighted by Gasteiger charge is -2.34. The van der Waals surface area contributed by atoms with E-state index in [4.69, 9.17) is 9.47 Å². The third-order valence-electron chi connectivity index (χ3n) is 4.29. The maximum Gasteiger partial charge on any atom is 0.248 e. The fourth-order valence-electron chi connectivity index (χ4n) is 2.91. The molecule has 1 aliphatic carbocycles. The Labute approximate surface area is 147 Å². The molecule has 0 saturated carbocycles. The van der Waals surface area contributed by atoms with Crippen LogP contribution < -0.4 is 0 Å². The van der Waals surface area contributed by atoms with E-state index in [0.29, 0.717) is 5.57 Å². The lowest BCUT2D eigenvalue weighted by Crippen LogP contribution is -2.38. The number of benzene rings is 2. The number of hydrogen-bond donors (Lipinski definition) is 1. The zero-order valence-electron chi connectivity index (χ0n) is 14.0. The van der Waals surface area contributed by atoms with E-state index in [-0.39, 0.29) is 18.3 Å². The third kappa shape index (κ3) is 3.55. The smallest absolute Gasteiger partial charge is 0.248 e. The molecule has 2 atom stereocenters. The fraction of sp³-hybridized carbons (Fsp3) is 0.190. The van der Waals surface area contributed by atoms with E-state index in [9.17, 15) is 9.90 Å². The molecule has 0 spiro atoms. The second-order valence-corrected chi connectivity index (χ2v) is 5.85. The van der Waals surface area contributed by atoms with Crippen LogP contribution in [0.4, 0.5) is 0 Å². The van der Waals surface area contributed by atoms with Crippen LogP contribution in [-0.4, -0.2) is 24.3 Å². The van der Waals surface area contributed by atoms with Crippen LogP contribution in [-0.2, 0) is 20.9 Å². The quantitative estimate of drug-likeness (QED) is 0.642. The Hall–Kier alpha value is -2.69. The second kappa shape index (κ2) is 7.47. The average Bonchev–Trinajstić information content (AvgIpc) is 2.68. The number of ether oxygens (including phenoxy) is 2. The maximum absolute atomic E-state index is 11.6. The van der Waals surface area contributed by atoms with E-state index < -0.39 is 5.79 Å². The molecule has 25 heavy (non-hydrogen) atoms. The SMILES string of the molecule is COC1(OCc2ccccc2)C=C(C=O)C(c2ccccc2)C=C1O. The van der Waals surface area contributed by atoms with Gasteiger partial charge in [-0.1, -0.05) is 60.7 Å². The number of aldehydes is 1. The highest BCUT2D eigenvalue weighted by atomic mass is 16.7. The lowest BCUT2D eigenvalue weighted by atomic mass is 9.85. The predicted octanol–water partition coefficient (Wildman–Crippen LogP) is 3.91. The highest BCUT2D eigenvalue weighted by Crippen LogP contribution is 2.37. The molecule has 0 amide bonds. The molecule has 0 aromatic heterocycles. The Morgan fingerprint density at radius 3 is 2.32 bits per heavy atom. The van der Waals surface area contributed by atoms with Crippen molar-refractivity contribution in [1.29, 1.82) is 0 Å². The Morgan fingerprint density at radius 1 is 1.08 bits per heavy atom. The fourth-order valence-corrected chi connectivity index (χ4v) is 2.91. The van der Waals surface area contributed by atoms with Crippen molar-refractivity contribution in [2.24, 2.45) is 0 Å². The minimum Gasteiger partial charge on any atom is -0.507 e. The molecule has 4 heteroatoms. The molecule has 0 aliphatic heterocycles. The van der Waals surface area contributed by atoms with Crippen LogP contribution in [0.25, 0.3) is 0 Å². The summed E-state index contributed by atoms with van der Waals surface area (Å²) in [5.41, 5.74) is 2.34. The number of aliphatic hydroxyl groups excluding tert-OH is 1. The molecule has 2 unspecified atom stereocenters. The van der Waals surface area contributed by atoms with Gasteiger partial charge in [-0.05, 0) is 23.3 Å². The monoisotopic (exact) mass is 336 g/mol. The molecule has 1 N–H and O–H groups in total. The van der Waals surface area contributed by atoms with Crippen LogP contribution >= 0.6 is 0 Å². The number of hydrogen-bond acceptors (Lipinski definition) is 4. The van der Waals surface area contributed by atoms with E-state index in [0.717, 1.165) is 17.4 Å². The number of carbonyl (C=O) groups is 1. The van der Waals surface area contributed by atoms with Crippen LogP contribution in [0.2, 0.25) is 0 Å². The van der Waals surface area contributed by atoms with Gasteiger partial charge in [-0.15, -0.1) is 0 Å². The molecule has 4 nitrogen and oxygen atoms in total. The molecule has 3 rings (SSSR count). The van der Waals surface area contributed by atoms with Crippen molar-refractivity contribution in [1.82, 2.24) is 0 Å². The Bertz CT molecular complexity index is 780. The summed E-state index contributed by atoms with van der Waals surface area (Å²) in [5, 5.41) is 10.6. The van der Waals surface area contributed by atoms with Crippen molar-refractivity contribution in [3.63, 3.8) is 0 Å². The predicted molar refractivity (Wildman–Crippen MR) is 95.0 cm³/mol. The van der Waals surface area contributed by atoms with Crippen LogP contribution in [0.1, 0.15) is 17.0 Å². The summed E-state index contributed by atoms with van der Waals surface area (Å²) in [6, 6.07) is 19.1. The van der Waals surface area contributed by atoms with Crippen LogP contribution in [0.3, 0.4) is 0 Å². The van der Waals surface area contributed by atoms with Crippen molar-refractivity contribution in [3.8, 4) is 0 Å². The molecular formula is C21H20O4. The van der Waals surface area contributed by atoms with Gasteiger partial charge < -0.3 is 14.6 Å². The van der Waals surface area contributed by atoms with E-state index in [2.05, 4.69) is 0 Å². The maximum atomic E-state index is 11.6. The summed E-state index contributed by atoms with van der Waals surface area (Å²) in [5.74, 6) is -1.86. The summed E-state index contributed by atoms with van der Waals surface area (Å²) in [7, 11) is 1.44. The normalized spacial score (nSPS) is 22.8. The van der Waals surface area contributed by atoms with E-state index >= 15 is 0 Å². The third-order valence-corrected chi connectivity index (χ3v) is 4.29. The highest BCUT2D eigenvalue weighted by molar-refractivity contribution is 5.78. The Kier molecular flexibility index (Phi) is 5.12. The molecule has 2 aromatic carbocycles. The summed E-state index contributed by atoms with van der Waals surface area (Å²) in [6.07, 6.45) is 3.93. The van der Waals surface area contributed by atoms with Gasteiger partial charge in [-0.3, -0.25) is 4.79 Å². The largest absolute Gasteiger partial charge is 0.507 e. The van der Waals surface area contributed by atoms with Gasteiger partial charge in [0.25, 0.3) is 0 Å². The number of methoxy groups -OCH3 is 1. The van der Waals surface area contributed by atoms with Crippen molar-refractivity contribution in [2.75, 3.05) is 7.11 Å². The molecule has 0 fully saturated rings. The van der Waals surface area contributed by atoms with Crippen molar-refractivity contribution >= 4 is 6.29 Å². The molecule has 0 saturated heterocycles. The lowest BCUT2D eigenvalue weighted by molar-refractivity contribution is -0.188. The summed E-state index contributed by atoms with van der Waals surface area (Å²) >= 11 is 0. The molecule has 0 bridgehead atoms. The summed E-state index contributed by atoms with van der Waals surface area (Å²) < 4.78 is 11.3. The topological polar surface area (TPSA) is 55.8 Å². The van der Waals surface area contributed by atoms with E-state index in [1.165, 1.54) is 7.11 Å². The van der Waals surface area contributed by atoms with Crippen LogP contribution in [0, 0.1) is 0 Å². The van der Waals surface area contributed by atoms with Crippen molar-refractivity contribution in [3.05, 3.63) is 95.3 Å². The molecule has 1 aliphatic rings. The Balaban J connectivity index is 1.90. The second-order valence-electron chi connectivity index (χ2n) is 5.85. The van der Waals surface area contributed by atoms with Gasteiger partial charge in [0, 0.05) is 18.6 Å². The minimum atomic E-state index is -1.46. The standard InChI is InChI=1S/C21H20O4/c1-24-21(25-15-16-8-4-2-5-9-16)13-18(14-22)19(12-20(21)23)17-10-6-3-7-11-17/h2-14,19,23H,15H2,1H3. The van der Waals surface area contributed by atoms with Gasteiger partial charge in [0.05, 0.1) is 6.61 Å². The highest BCUT2D eigenvalue weighted by Gasteiger charge is 2.39. The molecule has 0 radical (unpaired) electrons. The molecular weight excluding hydrogens is 316 g/mol. The van der Waals surface area contributed by atoms with Crippen LogP contribution in [0.15, 0.2) is 84.1 Å². The summed E-state index contributed by atoms with van der Waals surface area (Å²) in [6.45, 7) is 0.241. The van der Waals surface area contributed by atoms with Gasteiger partial charge in [-0.2, -0.15) is 0 Å². The van der Waals surface area contributed by atoms with Gasteiger partial charge in [0.1, 0.15) is 6.29 Å². The zero-order chi connectivity index (χ0) is 17.7. The van der Waals surface area contributed by atoms with Crippen LogP contribution in [0.5, 0.6) is 0 Å². The zero-order valence-corrected chi connectivity index (χ0v) is 14.0. The Morgan fingerprint density at radius 2 is 1.72 bits per heavy atom. The van der Waals surface area contributed by atoms with Crippen molar-refractivity contribution < 1.29 is 19.4 Å². The molecule has 2 aromatic rings. The number of allylic oxidation sites excluding steroid dienone is 2. The first-order valence-electron chi connectivity index (χ1n) is 8.05. The summed E-state index contributed by atoms with van der Waals surface area (Å²) in [4.78, 5) is 11.6. The van der Waals surface area contributed by atoms with Crippen molar-refractivity contribution in [2.45, 2.75) is 18.3 Å². The first-order valence-corrected chi connectivity index (χ1v) is 8.05. The number of rotatable bonds is 6. The van der Waals surface area contributed by atoms with Gasteiger partial charge in [0.2, 0.25) is 5.79 Å². The number of carbonyl (C=O) groups excluding carboxylic acids is 1. The average molecular weight is 336 g/mol. The first kappa shape index (κ1) is 17.1. The number of aliphatic hydroxyl groups is 1. The van der Waals surface area contributed by atoms with Gasteiger partial charge >= 0.3 is 0 Å². The van der Waals surface area contributed by atoms with E-state index in [1.807, 2.05) is 60.7 Å². The first-order chi connectivity index (χ1) is 12.2. The minimum absolute atomic E-state index is 0.0645. The van der Waals surface area contributed by atoms with Gasteiger partial charge in [0.15, 0.2) is 5.76 Å². The van der Waals surface area contributed by atoms with Gasteiger partial charge in [-0.25, -0.2) is 0 Å². The van der Waals surface area contributed by atoms with E-state index in [1.54, 1.807) is 12.2 Å².